The van der Waals surface area contributed by atoms with E-state index in [1.54, 1.807) is 0 Å². The van der Waals surface area contributed by atoms with Crippen LogP contribution in [0.3, 0.4) is 0 Å². The highest BCUT2D eigenvalue weighted by Crippen LogP contribution is 2.16. The molecule has 1 aliphatic heterocycles. The highest BCUT2D eigenvalue weighted by molar-refractivity contribution is 4.97. The van der Waals surface area contributed by atoms with Crippen molar-refractivity contribution < 1.29 is 5.11 Å². The zero-order valence-corrected chi connectivity index (χ0v) is 4.93. The SMILES string of the molecule is C=C1CCCN1CO. The first-order valence-electron chi connectivity index (χ1n) is 2.88. The second-order valence-electron chi connectivity index (χ2n) is 2.07. The van der Waals surface area contributed by atoms with Crippen LogP contribution >= 0.6 is 0 Å². The van der Waals surface area contributed by atoms with E-state index in [1.807, 2.05) is 4.90 Å². The van der Waals surface area contributed by atoms with Gasteiger partial charge in [-0.3, -0.25) is 0 Å². The molecule has 1 saturated heterocycles. The van der Waals surface area contributed by atoms with Gasteiger partial charge in [0.2, 0.25) is 0 Å². The Morgan fingerprint density at radius 2 is 2.50 bits per heavy atom. The predicted molar refractivity (Wildman–Crippen MR) is 32.2 cm³/mol. The molecular formula is C6H11NO. The summed E-state index contributed by atoms with van der Waals surface area (Å²) in [5.41, 5.74) is 1.08. The number of aliphatic hydroxyl groups excluding tert-OH is 1. The smallest absolute Gasteiger partial charge is 0.115 e. The summed E-state index contributed by atoms with van der Waals surface area (Å²) in [4.78, 5) is 1.89. The quantitative estimate of drug-likeness (QED) is 0.536. The molecule has 0 bridgehead atoms. The summed E-state index contributed by atoms with van der Waals surface area (Å²) in [7, 11) is 0. The van der Waals surface area contributed by atoms with E-state index in [9.17, 15) is 0 Å². The molecular weight excluding hydrogens is 102 g/mol. The molecule has 0 saturated carbocycles. The lowest BCUT2D eigenvalue weighted by atomic mass is 10.3. The molecule has 1 aliphatic rings. The minimum absolute atomic E-state index is 0.138. The van der Waals surface area contributed by atoms with E-state index in [1.165, 1.54) is 0 Å². The van der Waals surface area contributed by atoms with E-state index in [-0.39, 0.29) is 6.73 Å². The molecule has 46 valence electrons. The molecule has 1 fully saturated rings. The van der Waals surface area contributed by atoms with Crippen molar-refractivity contribution >= 4 is 0 Å². The van der Waals surface area contributed by atoms with Gasteiger partial charge in [-0.15, -0.1) is 0 Å². The van der Waals surface area contributed by atoms with Crippen LogP contribution in [0.25, 0.3) is 0 Å². The maximum Gasteiger partial charge on any atom is 0.115 e. The van der Waals surface area contributed by atoms with Crippen molar-refractivity contribution in [2.45, 2.75) is 12.8 Å². The van der Waals surface area contributed by atoms with Crippen LogP contribution in [0.4, 0.5) is 0 Å². The Morgan fingerprint density at radius 3 is 2.75 bits per heavy atom. The normalized spacial score (nSPS) is 20.1. The Hall–Kier alpha value is -0.500. The first-order valence-corrected chi connectivity index (χ1v) is 2.88. The Morgan fingerprint density at radius 1 is 1.75 bits per heavy atom. The van der Waals surface area contributed by atoms with Crippen molar-refractivity contribution in [3.8, 4) is 0 Å². The fraction of sp³-hybridized carbons (Fsp3) is 0.667. The third-order valence-corrected chi connectivity index (χ3v) is 1.51. The summed E-state index contributed by atoms with van der Waals surface area (Å²) in [5, 5.41) is 8.60. The number of nitrogens with zero attached hydrogens (tertiary/aromatic N) is 1. The Labute approximate surface area is 49.4 Å². The van der Waals surface area contributed by atoms with Gasteiger partial charge in [-0.05, 0) is 12.8 Å². The lowest BCUT2D eigenvalue weighted by Gasteiger charge is -2.13. The van der Waals surface area contributed by atoms with Crippen LogP contribution < -0.4 is 0 Å². The van der Waals surface area contributed by atoms with Gasteiger partial charge in [0.05, 0.1) is 0 Å². The molecule has 2 heteroatoms. The molecule has 0 radical (unpaired) electrons. The Bertz CT molecular complexity index is 101. The first-order chi connectivity index (χ1) is 3.84. The predicted octanol–water partition coefficient (Wildman–Crippen LogP) is 0.546. The molecule has 2 nitrogen and oxygen atoms in total. The zero-order chi connectivity index (χ0) is 5.98. The summed E-state index contributed by atoms with van der Waals surface area (Å²) in [6.45, 7) is 4.89. The summed E-state index contributed by atoms with van der Waals surface area (Å²) in [5.74, 6) is 0. The standard InChI is InChI=1S/C6H11NO/c1-6-3-2-4-7(6)5-8/h8H,1-5H2. The third-order valence-electron chi connectivity index (χ3n) is 1.51. The van der Waals surface area contributed by atoms with Crippen LogP contribution in [-0.4, -0.2) is 23.3 Å². The molecule has 1 N–H and O–H groups in total. The third kappa shape index (κ3) is 0.842. The molecule has 1 rings (SSSR count). The monoisotopic (exact) mass is 113 g/mol. The molecule has 0 atom stereocenters. The average molecular weight is 113 g/mol. The van der Waals surface area contributed by atoms with Crippen molar-refractivity contribution in [3.63, 3.8) is 0 Å². The van der Waals surface area contributed by atoms with Gasteiger partial charge >= 0.3 is 0 Å². The number of likely N-dealkylation sites (tertiary alicyclic amines) is 1. The molecule has 8 heavy (non-hydrogen) atoms. The fourth-order valence-electron chi connectivity index (χ4n) is 0.961. The van der Waals surface area contributed by atoms with Crippen molar-refractivity contribution in [3.05, 3.63) is 12.3 Å². The van der Waals surface area contributed by atoms with Crippen molar-refractivity contribution in [1.82, 2.24) is 4.90 Å². The molecule has 0 unspecified atom stereocenters. The highest BCUT2D eigenvalue weighted by Gasteiger charge is 2.11. The molecule has 0 aromatic carbocycles. The van der Waals surface area contributed by atoms with Crippen LogP contribution in [0.1, 0.15) is 12.8 Å². The van der Waals surface area contributed by atoms with Crippen molar-refractivity contribution in [1.29, 1.82) is 0 Å². The largest absolute Gasteiger partial charge is 0.376 e. The van der Waals surface area contributed by atoms with Crippen LogP contribution in [-0.2, 0) is 0 Å². The summed E-state index contributed by atoms with van der Waals surface area (Å²) >= 11 is 0. The number of aliphatic hydroxyl groups is 1. The summed E-state index contributed by atoms with van der Waals surface area (Å²) in [6, 6.07) is 0. The lowest BCUT2D eigenvalue weighted by molar-refractivity contribution is 0.155. The molecule has 1 heterocycles. The van der Waals surface area contributed by atoms with E-state index in [2.05, 4.69) is 6.58 Å². The van der Waals surface area contributed by atoms with Gasteiger partial charge in [-0.2, -0.15) is 0 Å². The van der Waals surface area contributed by atoms with E-state index in [0.717, 1.165) is 25.1 Å². The van der Waals surface area contributed by atoms with E-state index >= 15 is 0 Å². The second-order valence-corrected chi connectivity index (χ2v) is 2.07. The van der Waals surface area contributed by atoms with Gasteiger partial charge in [0.25, 0.3) is 0 Å². The number of rotatable bonds is 1. The topological polar surface area (TPSA) is 23.5 Å². The average Bonchev–Trinajstić information content (AvgIpc) is 2.14. The van der Waals surface area contributed by atoms with E-state index < -0.39 is 0 Å². The molecule has 0 aromatic heterocycles. The van der Waals surface area contributed by atoms with Crippen molar-refractivity contribution in [2.75, 3.05) is 13.3 Å². The minimum atomic E-state index is 0.138. The van der Waals surface area contributed by atoms with Crippen molar-refractivity contribution in [2.24, 2.45) is 0 Å². The summed E-state index contributed by atoms with van der Waals surface area (Å²) < 4.78 is 0. The van der Waals surface area contributed by atoms with Gasteiger partial charge in [0, 0.05) is 12.2 Å². The zero-order valence-electron chi connectivity index (χ0n) is 4.93. The van der Waals surface area contributed by atoms with E-state index in [4.69, 9.17) is 5.11 Å². The van der Waals surface area contributed by atoms with Gasteiger partial charge in [0.1, 0.15) is 6.73 Å². The van der Waals surface area contributed by atoms with Gasteiger partial charge in [0.15, 0.2) is 0 Å². The molecule has 0 aromatic rings. The van der Waals surface area contributed by atoms with Gasteiger partial charge < -0.3 is 10.0 Å². The molecule has 0 aliphatic carbocycles. The minimum Gasteiger partial charge on any atom is -0.376 e. The van der Waals surface area contributed by atoms with Crippen LogP contribution in [0.2, 0.25) is 0 Å². The molecule has 0 spiro atoms. The second kappa shape index (κ2) is 2.18. The van der Waals surface area contributed by atoms with Crippen LogP contribution in [0, 0.1) is 0 Å². The lowest BCUT2D eigenvalue weighted by Crippen LogP contribution is -2.17. The van der Waals surface area contributed by atoms with Crippen LogP contribution in [0.5, 0.6) is 0 Å². The molecule has 0 amide bonds. The number of hydrogen-bond acceptors (Lipinski definition) is 2. The maximum absolute atomic E-state index is 8.60. The van der Waals surface area contributed by atoms with Crippen LogP contribution in [0.15, 0.2) is 12.3 Å². The summed E-state index contributed by atoms with van der Waals surface area (Å²) in [6.07, 6.45) is 2.21. The van der Waals surface area contributed by atoms with E-state index in [0.29, 0.717) is 0 Å². The Balaban J connectivity index is 2.42. The maximum atomic E-state index is 8.60. The van der Waals surface area contributed by atoms with Gasteiger partial charge in [-0.25, -0.2) is 0 Å². The highest BCUT2D eigenvalue weighted by atomic mass is 16.3. The van der Waals surface area contributed by atoms with Gasteiger partial charge in [-0.1, -0.05) is 6.58 Å². The first kappa shape index (κ1) is 5.63. The number of allylic oxidation sites excluding steroid dienone is 1. The fourth-order valence-corrected chi connectivity index (χ4v) is 0.961. The Kier molecular flexibility index (Phi) is 1.53. The number of hydrogen-bond donors (Lipinski definition) is 1.